The molecule has 1 aromatic rings. The van der Waals surface area contributed by atoms with Crippen LogP contribution in [0, 0.1) is 5.92 Å². The Hall–Kier alpha value is -1.38. The Balaban J connectivity index is 2.00. The molecular formula is C19H27F3N2O2S. The molecule has 0 saturated heterocycles. The van der Waals surface area contributed by atoms with Crippen molar-refractivity contribution < 1.29 is 21.6 Å². The van der Waals surface area contributed by atoms with Gasteiger partial charge >= 0.3 is 6.18 Å². The topological polar surface area (TPSA) is 40.6 Å². The molecule has 0 N–H and O–H groups in total. The predicted molar refractivity (Wildman–Crippen MR) is 99.8 cm³/mol. The Morgan fingerprint density at radius 3 is 2.07 bits per heavy atom. The van der Waals surface area contributed by atoms with Crippen LogP contribution in [-0.4, -0.2) is 51.4 Å². The molecule has 1 aliphatic rings. The number of hydrogen-bond donors (Lipinski definition) is 0. The van der Waals surface area contributed by atoms with E-state index < -0.39 is 21.8 Å². The highest BCUT2D eigenvalue weighted by Gasteiger charge is 2.33. The molecule has 1 saturated carbocycles. The van der Waals surface area contributed by atoms with Gasteiger partial charge < -0.3 is 4.90 Å². The second-order valence-electron chi connectivity index (χ2n) is 7.30. The van der Waals surface area contributed by atoms with E-state index in [0.717, 1.165) is 56.5 Å². The third-order valence-corrected chi connectivity index (χ3v) is 6.92. The lowest BCUT2D eigenvalue weighted by atomic mass is 9.86. The number of halogens is 3. The summed E-state index contributed by atoms with van der Waals surface area (Å²) in [6, 6.07) is 3.56. The van der Waals surface area contributed by atoms with Gasteiger partial charge in [-0.3, -0.25) is 0 Å². The van der Waals surface area contributed by atoms with Crippen molar-refractivity contribution in [2.24, 2.45) is 5.92 Å². The third-order valence-electron chi connectivity index (χ3n) is 4.99. The molecule has 0 unspecified atom stereocenters. The monoisotopic (exact) mass is 404 g/mol. The molecule has 1 fully saturated rings. The summed E-state index contributed by atoms with van der Waals surface area (Å²) in [5.74, 6) is 0.448. The molecule has 0 atom stereocenters. The summed E-state index contributed by atoms with van der Waals surface area (Å²) in [6.07, 6.45) is 3.14. The minimum absolute atomic E-state index is 0.106. The number of rotatable bonds is 6. The first-order valence-electron chi connectivity index (χ1n) is 8.98. The first kappa shape index (κ1) is 21.9. The Morgan fingerprint density at radius 2 is 1.59 bits per heavy atom. The molecule has 0 heterocycles. The van der Waals surface area contributed by atoms with E-state index in [0.29, 0.717) is 5.92 Å². The van der Waals surface area contributed by atoms with Crippen LogP contribution < -0.4 is 0 Å². The average Bonchev–Trinajstić information content (AvgIpc) is 2.61. The van der Waals surface area contributed by atoms with Gasteiger partial charge in [-0.25, -0.2) is 8.42 Å². The minimum Gasteiger partial charge on any atom is -0.306 e. The zero-order valence-corrected chi connectivity index (χ0v) is 16.7. The van der Waals surface area contributed by atoms with Crippen molar-refractivity contribution >= 4 is 10.0 Å². The van der Waals surface area contributed by atoms with Gasteiger partial charge in [0.25, 0.3) is 0 Å². The predicted octanol–water partition coefficient (Wildman–Crippen LogP) is 4.00. The Kier molecular flexibility index (Phi) is 7.10. The lowest BCUT2D eigenvalue weighted by molar-refractivity contribution is -0.137. The molecule has 0 radical (unpaired) electrons. The number of sulfonamides is 1. The smallest absolute Gasteiger partial charge is 0.306 e. The summed E-state index contributed by atoms with van der Waals surface area (Å²) in [4.78, 5) is 1.97. The largest absolute Gasteiger partial charge is 0.416 e. The van der Waals surface area contributed by atoms with E-state index in [1.54, 1.807) is 0 Å². The summed E-state index contributed by atoms with van der Waals surface area (Å²) >= 11 is 0. The summed E-state index contributed by atoms with van der Waals surface area (Å²) in [7, 11) is 1.71. The quantitative estimate of drug-likeness (QED) is 0.673. The minimum atomic E-state index is -4.48. The Labute approximate surface area is 159 Å². The molecule has 1 aromatic carbocycles. The van der Waals surface area contributed by atoms with Crippen molar-refractivity contribution in [3.63, 3.8) is 0 Å². The van der Waals surface area contributed by atoms with Crippen LogP contribution in [0.5, 0.6) is 0 Å². The maximum Gasteiger partial charge on any atom is 0.416 e. The molecule has 1 aliphatic carbocycles. The second kappa shape index (κ2) is 8.75. The molecule has 27 heavy (non-hydrogen) atoms. The van der Waals surface area contributed by atoms with E-state index in [1.807, 2.05) is 14.1 Å². The lowest BCUT2D eigenvalue weighted by Crippen LogP contribution is -2.39. The normalized spacial score (nSPS) is 22.1. The number of likely N-dealkylation sites (N-methyl/N-ethyl adjacent to an activating group) is 1. The number of allylic oxidation sites excluding steroid dienone is 1. The van der Waals surface area contributed by atoms with E-state index in [2.05, 4.69) is 17.1 Å². The van der Waals surface area contributed by atoms with Crippen LogP contribution in [0.2, 0.25) is 0 Å². The van der Waals surface area contributed by atoms with Crippen LogP contribution in [0.15, 0.2) is 41.3 Å². The van der Waals surface area contributed by atoms with Crippen molar-refractivity contribution in [2.75, 3.05) is 27.7 Å². The van der Waals surface area contributed by atoms with Crippen molar-refractivity contribution in [1.82, 2.24) is 9.21 Å². The fourth-order valence-corrected chi connectivity index (χ4v) is 4.72. The molecule has 152 valence electrons. The second-order valence-corrected chi connectivity index (χ2v) is 9.30. The van der Waals surface area contributed by atoms with Crippen molar-refractivity contribution in [3.8, 4) is 0 Å². The molecule has 0 aromatic heterocycles. The summed E-state index contributed by atoms with van der Waals surface area (Å²) in [5.41, 5.74) is -0.853. The Bertz CT molecular complexity index is 735. The lowest BCUT2D eigenvalue weighted by Gasteiger charge is -2.33. The van der Waals surface area contributed by atoms with Gasteiger partial charge in [-0.05, 0) is 70.0 Å². The van der Waals surface area contributed by atoms with Gasteiger partial charge in [0, 0.05) is 19.6 Å². The van der Waals surface area contributed by atoms with Crippen LogP contribution >= 0.6 is 0 Å². The van der Waals surface area contributed by atoms with E-state index in [4.69, 9.17) is 0 Å². The molecule has 8 heteroatoms. The Morgan fingerprint density at radius 1 is 1.04 bits per heavy atom. The van der Waals surface area contributed by atoms with Crippen LogP contribution in [-0.2, 0) is 16.2 Å². The van der Waals surface area contributed by atoms with E-state index in [9.17, 15) is 21.6 Å². The zero-order valence-electron chi connectivity index (χ0n) is 15.9. The van der Waals surface area contributed by atoms with Crippen LogP contribution in [0.3, 0.4) is 0 Å². The van der Waals surface area contributed by atoms with Crippen LogP contribution in [0.25, 0.3) is 0 Å². The SMILES string of the molecule is CN(C)C/C=C/C1CCC(N(C)S(=O)(=O)c2ccc(C(F)(F)F)cc2)CC1. The number of nitrogens with zero attached hydrogens (tertiary/aromatic N) is 2. The van der Waals surface area contributed by atoms with Gasteiger partial charge in [0.15, 0.2) is 0 Å². The molecule has 0 aliphatic heterocycles. The zero-order chi connectivity index (χ0) is 20.2. The maximum atomic E-state index is 12.7. The first-order chi connectivity index (χ1) is 12.5. The van der Waals surface area contributed by atoms with Gasteiger partial charge in [-0.1, -0.05) is 12.2 Å². The van der Waals surface area contributed by atoms with E-state index in [-0.39, 0.29) is 10.9 Å². The fourth-order valence-electron chi connectivity index (χ4n) is 3.30. The number of benzene rings is 1. The molecule has 0 bridgehead atoms. The molecule has 4 nitrogen and oxygen atoms in total. The van der Waals surface area contributed by atoms with Crippen molar-refractivity contribution in [3.05, 3.63) is 42.0 Å². The average molecular weight is 404 g/mol. The fraction of sp³-hybridized carbons (Fsp3) is 0.579. The molecular weight excluding hydrogens is 377 g/mol. The first-order valence-corrected chi connectivity index (χ1v) is 10.4. The summed E-state index contributed by atoms with van der Waals surface area (Å²) in [6.45, 7) is 0.877. The van der Waals surface area contributed by atoms with Gasteiger partial charge in [-0.2, -0.15) is 17.5 Å². The highest BCUT2D eigenvalue weighted by atomic mass is 32.2. The standard InChI is InChI=1S/C19H27F3N2O2S/c1-23(2)14-4-5-15-6-10-17(11-7-15)24(3)27(25,26)18-12-8-16(9-13-18)19(20,21)22/h4-5,8-9,12-13,15,17H,6-7,10-11,14H2,1-3H3/b5-4+. The van der Waals surface area contributed by atoms with Gasteiger partial charge in [0.05, 0.1) is 10.5 Å². The van der Waals surface area contributed by atoms with Gasteiger partial charge in [-0.15, -0.1) is 0 Å². The van der Waals surface area contributed by atoms with Gasteiger partial charge in [0.1, 0.15) is 0 Å². The molecule has 2 rings (SSSR count). The van der Waals surface area contributed by atoms with Crippen molar-refractivity contribution in [1.29, 1.82) is 0 Å². The highest BCUT2D eigenvalue weighted by Crippen LogP contribution is 2.32. The maximum absolute atomic E-state index is 12.7. The third kappa shape index (κ3) is 5.80. The molecule has 0 amide bonds. The molecule has 0 spiro atoms. The van der Waals surface area contributed by atoms with E-state index >= 15 is 0 Å². The number of hydrogen-bond acceptors (Lipinski definition) is 3. The summed E-state index contributed by atoms with van der Waals surface area (Å²) in [5, 5.41) is 0. The van der Waals surface area contributed by atoms with Gasteiger partial charge in [0.2, 0.25) is 10.0 Å². The highest BCUT2D eigenvalue weighted by molar-refractivity contribution is 7.89. The van der Waals surface area contributed by atoms with Crippen LogP contribution in [0.1, 0.15) is 31.2 Å². The van der Waals surface area contributed by atoms with Crippen LogP contribution in [0.4, 0.5) is 13.2 Å². The van der Waals surface area contributed by atoms with Crippen molar-refractivity contribution in [2.45, 2.75) is 42.8 Å². The number of alkyl halides is 3. The van der Waals surface area contributed by atoms with E-state index in [1.165, 1.54) is 11.4 Å². The summed E-state index contributed by atoms with van der Waals surface area (Å²) < 4.78 is 64.8.